The average Bonchev–Trinajstić information content (AvgIpc) is 2.36. The zero-order valence-corrected chi connectivity index (χ0v) is 11.1. The van der Waals surface area contributed by atoms with Gasteiger partial charge in [-0.25, -0.2) is 0 Å². The van der Waals surface area contributed by atoms with Crippen molar-refractivity contribution in [3.8, 4) is 0 Å². The third kappa shape index (κ3) is 3.68. The molecule has 19 heavy (non-hydrogen) atoms. The van der Waals surface area contributed by atoms with Gasteiger partial charge in [0.25, 0.3) is 0 Å². The fourth-order valence-corrected chi connectivity index (χ4v) is 2.29. The summed E-state index contributed by atoms with van der Waals surface area (Å²) in [6.45, 7) is 1.73. The van der Waals surface area contributed by atoms with Crippen LogP contribution >= 0.6 is 11.6 Å². The predicted molar refractivity (Wildman–Crippen MR) is 70.9 cm³/mol. The molecule has 1 saturated heterocycles. The molecule has 0 aliphatic carbocycles. The summed E-state index contributed by atoms with van der Waals surface area (Å²) in [5.74, 6) is -1.19. The van der Waals surface area contributed by atoms with Crippen molar-refractivity contribution < 1.29 is 14.7 Å². The summed E-state index contributed by atoms with van der Waals surface area (Å²) in [4.78, 5) is 24.5. The maximum atomic E-state index is 11.7. The number of carboxylic acid groups (broad SMARTS) is 1. The summed E-state index contributed by atoms with van der Waals surface area (Å²) in [6, 6.07) is 6.72. The molecule has 2 N–H and O–H groups in total. The molecule has 2 rings (SSSR count). The Morgan fingerprint density at radius 1 is 1.42 bits per heavy atom. The first-order chi connectivity index (χ1) is 9.06. The molecule has 1 unspecified atom stereocenters. The summed E-state index contributed by atoms with van der Waals surface area (Å²) in [5.41, 5.74) is 1.01. The lowest BCUT2D eigenvalue weighted by Gasteiger charge is -2.34. The number of aliphatic carboxylic acids is 1. The van der Waals surface area contributed by atoms with Gasteiger partial charge in [0.1, 0.15) is 6.04 Å². The van der Waals surface area contributed by atoms with E-state index in [1.807, 2.05) is 17.0 Å². The van der Waals surface area contributed by atoms with E-state index in [1.165, 1.54) is 0 Å². The van der Waals surface area contributed by atoms with Crippen LogP contribution in [-0.4, -0.2) is 41.0 Å². The summed E-state index contributed by atoms with van der Waals surface area (Å²) < 4.78 is 0. The number of hydrogen-bond acceptors (Lipinski definition) is 3. The zero-order chi connectivity index (χ0) is 13.8. The normalized spacial score (nSPS) is 20.1. The number of rotatable bonds is 4. The topological polar surface area (TPSA) is 69.6 Å². The number of halogens is 1. The van der Waals surface area contributed by atoms with E-state index < -0.39 is 12.0 Å². The largest absolute Gasteiger partial charge is 0.481 e. The average molecular weight is 283 g/mol. The van der Waals surface area contributed by atoms with E-state index in [0.717, 1.165) is 5.56 Å². The van der Waals surface area contributed by atoms with Crippen molar-refractivity contribution in [3.63, 3.8) is 0 Å². The van der Waals surface area contributed by atoms with Gasteiger partial charge in [0.2, 0.25) is 5.91 Å². The van der Waals surface area contributed by atoms with E-state index in [0.29, 0.717) is 24.7 Å². The molecule has 0 bridgehead atoms. The number of nitrogens with one attached hydrogen (secondary N) is 1. The molecule has 1 aromatic rings. The molecule has 102 valence electrons. The number of hydrogen-bond donors (Lipinski definition) is 2. The molecule has 1 aliphatic rings. The maximum Gasteiger partial charge on any atom is 0.305 e. The lowest BCUT2D eigenvalue weighted by Crippen LogP contribution is -2.55. The van der Waals surface area contributed by atoms with E-state index in [-0.39, 0.29) is 12.3 Å². The number of piperazine rings is 1. The quantitative estimate of drug-likeness (QED) is 0.868. The second kappa shape index (κ2) is 6.04. The molecular weight excluding hydrogens is 268 g/mol. The SMILES string of the molecule is O=C(O)CC1C(=O)NCCN1Cc1ccc(Cl)cc1. The van der Waals surface area contributed by atoms with Gasteiger partial charge in [-0.3, -0.25) is 14.5 Å². The Bertz CT molecular complexity index is 475. The minimum atomic E-state index is -0.969. The van der Waals surface area contributed by atoms with Crippen LogP contribution in [-0.2, 0) is 16.1 Å². The molecule has 5 nitrogen and oxygen atoms in total. The highest BCUT2D eigenvalue weighted by atomic mass is 35.5. The third-order valence-electron chi connectivity index (χ3n) is 3.11. The van der Waals surface area contributed by atoms with Crippen molar-refractivity contribution in [1.29, 1.82) is 0 Å². The van der Waals surface area contributed by atoms with Crippen LogP contribution in [0.3, 0.4) is 0 Å². The van der Waals surface area contributed by atoms with Crippen molar-refractivity contribution in [2.75, 3.05) is 13.1 Å². The Labute approximate surface area is 116 Å². The summed E-state index contributed by atoms with van der Waals surface area (Å²) in [5, 5.41) is 12.2. The predicted octanol–water partition coefficient (Wildman–Crippen LogP) is 1.12. The first kappa shape index (κ1) is 13.8. The number of benzene rings is 1. The molecule has 1 atom stereocenters. The Balaban J connectivity index is 2.09. The van der Waals surface area contributed by atoms with Gasteiger partial charge < -0.3 is 10.4 Å². The molecule has 1 aliphatic heterocycles. The van der Waals surface area contributed by atoms with E-state index in [4.69, 9.17) is 16.7 Å². The Morgan fingerprint density at radius 2 is 2.11 bits per heavy atom. The molecule has 0 saturated carbocycles. The van der Waals surface area contributed by atoms with Gasteiger partial charge in [-0.2, -0.15) is 0 Å². The fraction of sp³-hybridized carbons (Fsp3) is 0.385. The monoisotopic (exact) mass is 282 g/mol. The molecular formula is C13H15ClN2O3. The molecule has 0 radical (unpaired) electrons. The number of carboxylic acids is 1. The molecule has 0 aromatic heterocycles. The Kier molecular flexibility index (Phi) is 4.39. The van der Waals surface area contributed by atoms with Gasteiger partial charge in [-0.1, -0.05) is 23.7 Å². The van der Waals surface area contributed by atoms with Gasteiger partial charge >= 0.3 is 5.97 Å². The minimum Gasteiger partial charge on any atom is -0.481 e. The molecule has 1 heterocycles. The van der Waals surface area contributed by atoms with Crippen molar-refractivity contribution in [1.82, 2.24) is 10.2 Å². The van der Waals surface area contributed by atoms with Crippen molar-refractivity contribution in [3.05, 3.63) is 34.9 Å². The number of nitrogens with zero attached hydrogens (tertiary/aromatic N) is 1. The summed E-state index contributed by atoms with van der Waals surface area (Å²) in [6.07, 6.45) is -0.181. The number of carbonyl (C=O) groups excluding carboxylic acids is 1. The van der Waals surface area contributed by atoms with E-state index in [2.05, 4.69) is 5.32 Å². The van der Waals surface area contributed by atoms with Gasteiger partial charge in [-0.05, 0) is 17.7 Å². The number of carbonyl (C=O) groups is 2. The van der Waals surface area contributed by atoms with E-state index in [1.54, 1.807) is 12.1 Å². The van der Waals surface area contributed by atoms with Crippen LogP contribution in [0.1, 0.15) is 12.0 Å². The second-order valence-corrected chi connectivity index (χ2v) is 4.94. The lowest BCUT2D eigenvalue weighted by atomic mass is 10.1. The van der Waals surface area contributed by atoms with E-state index in [9.17, 15) is 9.59 Å². The smallest absolute Gasteiger partial charge is 0.305 e. The van der Waals surface area contributed by atoms with Crippen LogP contribution in [0.2, 0.25) is 5.02 Å². The maximum absolute atomic E-state index is 11.7. The van der Waals surface area contributed by atoms with Crippen LogP contribution in [0.5, 0.6) is 0 Å². The van der Waals surface area contributed by atoms with Gasteiger partial charge in [0.15, 0.2) is 0 Å². The highest BCUT2D eigenvalue weighted by molar-refractivity contribution is 6.30. The summed E-state index contributed by atoms with van der Waals surface area (Å²) >= 11 is 5.82. The van der Waals surface area contributed by atoms with Crippen LogP contribution in [0.15, 0.2) is 24.3 Å². The molecule has 1 aromatic carbocycles. The van der Waals surface area contributed by atoms with Gasteiger partial charge in [0.05, 0.1) is 6.42 Å². The standard InChI is InChI=1S/C13H15ClN2O3/c14-10-3-1-9(2-4-10)8-16-6-5-15-13(19)11(16)7-12(17)18/h1-4,11H,5-8H2,(H,15,19)(H,17,18). The van der Waals surface area contributed by atoms with Crippen LogP contribution in [0.4, 0.5) is 0 Å². The molecule has 0 spiro atoms. The van der Waals surface area contributed by atoms with Gasteiger partial charge in [-0.15, -0.1) is 0 Å². The van der Waals surface area contributed by atoms with Crippen molar-refractivity contribution in [2.45, 2.75) is 19.0 Å². The van der Waals surface area contributed by atoms with Crippen LogP contribution in [0, 0.1) is 0 Å². The molecule has 1 amide bonds. The highest BCUT2D eigenvalue weighted by Crippen LogP contribution is 2.16. The van der Waals surface area contributed by atoms with Crippen molar-refractivity contribution in [2.24, 2.45) is 0 Å². The first-order valence-electron chi connectivity index (χ1n) is 6.04. The molecule has 1 fully saturated rings. The first-order valence-corrected chi connectivity index (χ1v) is 6.42. The fourth-order valence-electron chi connectivity index (χ4n) is 2.16. The Morgan fingerprint density at radius 3 is 2.74 bits per heavy atom. The summed E-state index contributed by atoms with van der Waals surface area (Å²) in [7, 11) is 0. The minimum absolute atomic E-state index is 0.181. The van der Waals surface area contributed by atoms with Gasteiger partial charge in [0, 0.05) is 24.7 Å². The van der Waals surface area contributed by atoms with Crippen molar-refractivity contribution >= 4 is 23.5 Å². The number of amides is 1. The molecule has 6 heteroatoms. The lowest BCUT2D eigenvalue weighted by molar-refractivity contribution is -0.143. The highest BCUT2D eigenvalue weighted by Gasteiger charge is 2.31. The van der Waals surface area contributed by atoms with E-state index >= 15 is 0 Å². The zero-order valence-electron chi connectivity index (χ0n) is 10.3. The third-order valence-corrected chi connectivity index (χ3v) is 3.36. The Hall–Kier alpha value is -1.59. The van der Waals surface area contributed by atoms with Crippen LogP contribution in [0.25, 0.3) is 0 Å². The van der Waals surface area contributed by atoms with Crippen LogP contribution < -0.4 is 5.32 Å². The second-order valence-electron chi connectivity index (χ2n) is 4.50.